The van der Waals surface area contributed by atoms with Crippen LogP contribution < -0.4 is 11.0 Å². The van der Waals surface area contributed by atoms with Crippen LogP contribution in [0, 0.1) is 16.7 Å². The molecule has 3 fully saturated rings. The molecule has 5 aromatic heterocycles. The molecule has 0 atom stereocenters. The molecule has 12 nitrogen and oxygen atoms in total. The fourth-order valence-corrected chi connectivity index (χ4v) is 7.02. The number of nitriles is 1. The Morgan fingerprint density at radius 3 is 2.65 bits per heavy atom. The quantitative estimate of drug-likeness (QED) is 0.258. The summed E-state index contributed by atoms with van der Waals surface area (Å²) in [5.41, 5.74) is 0.114. The second kappa shape index (κ2) is 11.0. The number of ether oxygens (including phenoxy) is 1. The average Bonchev–Trinajstić information content (AvgIpc) is 3.35. The van der Waals surface area contributed by atoms with Gasteiger partial charge in [0, 0.05) is 74.6 Å². The highest BCUT2D eigenvalue weighted by Crippen LogP contribution is 2.43. The van der Waals surface area contributed by atoms with E-state index in [0.29, 0.717) is 47.1 Å². The number of pyridine rings is 3. The van der Waals surface area contributed by atoms with Crippen molar-refractivity contribution >= 4 is 11.3 Å². The summed E-state index contributed by atoms with van der Waals surface area (Å²) in [6, 6.07) is 8.56. The fourth-order valence-electron chi connectivity index (χ4n) is 7.02. The molecular weight excluding hydrogens is 625 g/mol. The number of halogens is 3. The standard InChI is InChI=1S/C33H31F3N10O2/c1-43-20-39-42-29(43)23-2-8-38-13-24(23)22-11-27(41-32(3-4-32)5-7-37)40-28(12-22)46-16-26-25(33(34,35)36)10-21(15-45(26)30(46)47)14-44-17-31(18-44)6-9-48-19-31/h2,8,10-13,15-16,20H,3-6,9,14,17-19H2,1H3,(H,40,41). The molecule has 1 saturated carbocycles. The predicted molar refractivity (Wildman–Crippen MR) is 168 cm³/mol. The maximum Gasteiger partial charge on any atom is 0.418 e. The summed E-state index contributed by atoms with van der Waals surface area (Å²) in [4.78, 5) is 25.1. The average molecular weight is 657 g/mol. The Kier molecular flexibility index (Phi) is 6.93. The molecule has 246 valence electrons. The molecule has 7 heterocycles. The van der Waals surface area contributed by atoms with Crippen molar-refractivity contribution in [2.75, 3.05) is 31.6 Å². The first-order chi connectivity index (χ1) is 23.1. The zero-order chi connectivity index (χ0) is 33.3. The van der Waals surface area contributed by atoms with Crippen LogP contribution >= 0.6 is 0 Å². The first kappa shape index (κ1) is 30.3. The van der Waals surface area contributed by atoms with Crippen LogP contribution in [0.4, 0.5) is 19.0 Å². The predicted octanol–water partition coefficient (Wildman–Crippen LogP) is 4.44. The number of aromatic nitrogens is 7. The maximum absolute atomic E-state index is 14.5. The van der Waals surface area contributed by atoms with Crippen LogP contribution in [0.1, 0.15) is 36.8 Å². The molecule has 15 heteroatoms. The Hall–Kier alpha value is -5.07. The zero-order valence-corrected chi connectivity index (χ0v) is 26.0. The number of nitrogens with zero attached hydrogens (tertiary/aromatic N) is 9. The molecule has 0 radical (unpaired) electrons. The lowest BCUT2D eigenvalue weighted by Crippen LogP contribution is -2.56. The number of rotatable bonds is 8. The molecule has 5 aromatic rings. The van der Waals surface area contributed by atoms with Gasteiger partial charge in [-0.15, -0.1) is 10.2 Å². The number of fused-ring (bicyclic) bond motifs is 1. The number of nitrogens with one attached hydrogen (secondary N) is 1. The van der Waals surface area contributed by atoms with Crippen LogP contribution in [0.15, 0.2) is 60.2 Å². The SMILES string of the molecule is Cn1cnnc1-c1ccncc1-c1cc(NC2(CC#N)CC2)nc(-n2cc3c(C(F)(F)F)cc(CN4CC5(CCOC5)C4)cn3c2=O)c1. The number of hydrogen-bond acceptors (Lipinski definition) is 9. The van der Waals surface area contributed by atoms with E-state index in [9.17, 15) is 23.2 Å². The number of hydrogen-bond donors (Lipinski definition) is 1. The number of imidazole rings is 1. The minimum atomic E-state index is -4.70. The van der Waals surface area contributed by atoms with Crippen molar-refractivity contribution in [2.45, 2.75) is 43.9 Å². The Labute approximate surface area is 272 Å². The van der Waals surface area contributed by atoms with Crippen molar-refractivity contribution < 1.29 is 17.9 Å². The molecule has 2 aliphatic heterocycles. The van der Waals surface area contributed by atoms with E-state index >= 15 is 0 Å². The lowest BCUT2D eigenvalue weighted by Gasteiger charge is -2.47. The van der Waals surface area contributed by atoms with Crippen LogP contribution in [0.25, 0.3) is 33.8 Å². The lowest BCUT2D eigenvalue weighted by atomic mass is 9.79. The number of likely N-dealkylation sites (tertiary alicyclic amines) is 1. The fraction of sp³-hybridized carbons (Fsp3) is 0.394. The van der Waals surface area contributed by atoms with E-state index in [1.807, 2.05) is 7.05 Å². The van der Waals surface area contributed by atoms with E-state index in [4.69, 9.17) is 9.72 Å². The van der Waals surface area contributed by atoms with E-state index in [0.717, 1.165) is 47.4 Å². The van der Waals surface area contributed by atoms with E-state index < -0.39 is 23.0 Å². The van der Waals surface area contributed by atoms with Crippen molar-refractivity contribution in [3.63, 3.8) is 0 Å². The van der Waals surface area contributed by atoms with Crippen molar-refractivity contribution in [1.82, 2.24) is 38.6 Å². The smallest absolute Gasteiger partial charge is 0.381 e. The topological polar surface area (TPSA) is 131 Å². The third kappa shape index (κ3) is 5.30. The minimum Gasteiger partial charge on any atom is -0.381 e. The molecule has 2 saturated heterocycles. The first-order valence-electron chi connectivity index (χ1n) is 15.7. The summed E-state index contributed by atoms with van der Waals surface area (Å²) in [6.07, 6.45) is 5.55. The summed E-state index contributed by atoms with van der Waals surface area (Å²) in [6.45, 7) is 3.14. The Morgan fingerprint density at radius 2 is 1.96 bits per heavy atom. The van der Waals surface area contributed by atoms with Crippen LogP contribution in [0.2, 0.25) is 0 Å². The molecule has 1 N–H and O–H groups in total. The summed E-state index contributed by atoms with van der Waals surface area (Å²) in [5, 5.41) is 21.0. The lowest BCUT2D eigenvalue weighted by molar-refractivity contribution is -0.136. The van der Waals surface area contributed by atoms with Crippen LogP contribution in [0.5, 0.6) is 0 Å². The third-order valence-corrected chi connectivity index (χ3v) is 9.65. The molecule has 8 rings (SSSR count). The highest BCUT2D eigenvalue weighted by Gasteiger charge is 2.46. The van der Waals surface area contributed by atoms with E-state index in [1.165, 1.54) is 12.4 Å². The van der Waals surface area contributed by atoms with Crippen molar-refractivity contribution in [1.29, 1.82) is 5.26 Å². The summed E-state index contributed by atoms with van der Waals surface area (Å²) in [7, 11) is 1.81. The summed E-state index contributed by atoms with van der Waals surface area (Å²) >= 11 is 0. The van der Waals surface area contributed by atoms with Crippen molar-refractivity contribution in [2.24, 2.45) is 12.5 Å². The van der Waals surface area contributed by atoms with Gasteiger partial charge in [-0.3, -0.25) is 18.9 Å². The third-order valence-electron chi connectivity index (χ3n) is 9.65. The molecule has 48 heavy (non-hydrogen) atoms. The van der Waals surface area contributed by atoms with Gasteiger partial charge in [-0.1, -0.05) is 0 Å². The first-order valence-corrected chi connectivity index (χ1v) is 15.7. The van der Waals surface area contributed by atoms with E-state index in [1.54, 1.807) is 41.5 Å². The van der Waals surface area contributed by atoms with Gasteiger partial charge in [0.2, 0.25) is 0 Å². The van der Waals surface area contributed by atoms with Gasteiger partial charge >= 0.3 is 11.9 Å². The van der Waals surface area contributed by atoms with Gasteiger partial charge in [0.15, 0.2) is 5.82 Å². The molecule has 0 bridgehead atoms. The van der Waals surface area contributed by atoms with E-state index in [-0.39, 0.29) is 29.7 Å². The highest BCUT2D eigenvalue weighted by atomic mass is 19.4. The summed E-state index contributed by atoms with van der Waals surface area (Å²) < 4.78 is 53.0. The Balaban J connectivity index is 1.24. The Bertz CT molecular complexity index is 2140. The maximum atomic E-state index is 14.5. The Morgan fingerprint density at radius 1 is 1.12 bits per heavy atom. The largest absolute Gasteiger partial charge is 0.418 e. The normalized spacial score (nSPS) is 18.2. The van der Waals surface area contributed by atoms with Gasteiger partial charge < -0.3 is 14.6 Å². The zero-order valence-electron chi connectivity index (χ0n) is 26.0. The van der Waals surface area contributed by atoms with Crippen LogP contribution in [0.3, 0.4) is 0 Å². The van der Waals surface area contributed by atoms with Gasteiger partial charge in [0.1, 0.15) is 18.0 Å². The molecule has 0 unspecified atom stereocenters. The van der Waals surface area contributed by atoms with Crippen LogP contribution in [-0.4, -0.2) is 70.4 Å². The monoisotopic (exact) mass is 656 g/mol. The molecular formula is C33H31F3N10O2. The van der Waals surface area contributed by atoms with Crippen molar-refractivity contribution in [3.8, 4) is 34.4 Å². The number of aryl methyl sites for hydroxylation is 1. The second-order valence-electron chi connectivity index (χ2n) is 13.3. The molecule has 1 aliphatic carbocycles. The van der Waals surface area contributed by atoms with Gasteiger partial charge in [-0.25, -0.2) is 9.78 Å². The molecule has 1 spiro atoms. The highest BCUT2D eigenvalue weighted by molar-refractivity contribution is 5.82. The van der Waals surface area contributed by atoms with Gasteiger partial charge in [-0.05, 0) is 54.7 Å². The van der Waals surface area contributed by atoms with E-state index in [2.05, 4.69) is 31.5 Å². The number of anilines is 1. The van der Waals surface area contributed by atoms with Gasteiger partial charge in [0.05, 0.1) is 35.7 Å². The van der Waals surface area contributed by atoms with Gasteiger partial charge in [-0.2, -0.15) is 18.4 Å². The molecule has 3 aliphatic rings. The molecule has 0 aromatic carbocycles. The van der Waals surface area contributed by atoms with Gasteiger partial charge in [0.25, 0.3) is 0 Å². The second-order valence-corrected chi connectivity index (χ2v) is 13.3. The summed E-state index contributed by atoms with van der Waals surface area (Å²) in [5.74, 6) is 1.07. The minimum absolute atomic E-state index is 0.0762. The van der Waals surface area contributed by atoms with Crippen molar-refractivity contribution in [3.05, 3.63) is 77.0 Å². The molecule has 0 amide bonds. The number of alkyl halides is 3. The van der Waals surface area contributed by atoms with Crippen LogP contribution in [-0.2, 0) is 24.5 Å².